The Morgan fingerprint density at radius 2 is 2.07 bits per heavy atom. The van der Waals surface area contributed by atoms with Crippen molar-refractivity contribution in [2.24, 2.45) is 0 Å². The second kappa shape index (κ2) is 4.29. The summed E-state index contributed by atoms with van der Waals surface area (Å²) in [7, 11) is -1.62. The Morgan fingerprint density at radius 1 is 1.43 bits per heavy atom. The van der Waals surface area contributed by atoms with Gasteiger partial charge in [0, 0.05) is 5.02 Å². The number of halogens is 1. The van der Waals surface area contributed by atoms with Crippen LogP contribution in [0.3, 0.4) is 0 Å². The van der Waals surface area contributed by atoms with Crippen LogP contribution in [0.4, 0.5) is 0 Å². The number of hydrogen-bond acceptors (Lipinski definition) is 3. The molecule has 0 saturated heterocycles. The molecule has 1 aromatic carbocycles. The number of hydrogen-bond donors (Lipinski definition) is 1. The van der Waals surface area contributed by atoms with Crippen LogP contribution in [-0.4, -0.2) is 21.3 Å². The van der Waals surface area contributed by atoms with Crippen molar-refractivity contribution in [3.8, 4) is 0 Å². The van der Waals surface area contributed by atoms with Crippen molar-refractivity contribution in [2.75, 3.05) is 12.9 Å². The average molecular weight is 234 g/mol. The van der Waals surface area contributed by atoms with E-state index < -0.39 is 9.84 Å². The van der Waals surface area contributed by atoms with E-state index >= 15 is 0 Å². The molecule has 0 aromatic heterocycles. The van der Waals surface area contributed by atoms with Gasteiger partial charge in [0.1, 0.15) is 5.88 Å². The first kappa shape index (κ1) is 11.5. The third kappa shape index (κ3) is 2.47. The molecule has 0 bridgehead atoms. The molecule has 0 unspecified atom stereocenters. The highest BCUT2D eigenvalue weighted by atomic mass is 35.5. The highest BCUT2D eigenvalue weighted by molar-refractivity contribution is 7.91. The lowest BCUT2D eigenvalue weighted by Crippen LogP contribution is -2.19. The largest absolute Gasteiger partial charge is 0.306 e. The van der Waals surface area contributed by atoms with E-state index in [4.69, 9.17) is 11.6 Å². The Morgan fingerprint density at radius 3 is 2.57 bits per heavy atom. The fraction of sp³-hybridized carbons (Fsp3) is 0.333. The van der Waals surface area contributed by atoms with Crippen molar-refractivity contribution < 1.29 is 8.42 Å². The number of sulfone groups is 1. The van der Waals surface area contributed by atoms with Crippen LogP contribution in [0.1, 0.15) is 5.56 Å². The molecule has 0 saturated carbocycles. The maximum atomic E-state index is 11.6. The SMILES string of the molecule is CNCS(=O)(=O)c1ccc(Cl)c(C)c1. The van der Waals surface area contributed by atoms with Crippen LogP contribution in [0.25, 0.3) is 0 Å². The van der Waals surface area contributed by atoms with E-state index in [9.17, 15) is 8.42 Å². The summed E-state index contributed by atoms with van der Waals surface area (Å²) >= 11 is 5.80. The molecule has 78 valence electrons. The van der Waals surface area contributed by atoms with Crippen molar-refractivity contribution >= 4 is 21.4 Å². The third-order valence-electron chi connectivity index (χ3n) is 1.82. The van der Waals surface area contributed by atoms with Gasteiger partial charge in [-0.05, 0) is 37.7 Å². The fourth-order valence-corrected chi connectivity index (χ4v) is 2.38. The smallest absolute Gasteiger partial charge is 0.191 e. The second-order valence-corrected chi connectivity index (χ2v) is 5.42. The molecule has 0 amide bonds. The maximum absolute atomic E-state index is 11.6. The number of benzene rings is 1. The molecule has 1 N–H and O–H groups in total. The molecule has 0 atom stereocenters. The van der Waals surface area contributed by atoms with Crippen LogP contribution in [0.5, 0.6) is 0 Å². The van der Waals surface area contributed by atoms with Crippen LogP contribution in [0, 0.1) is 6.92 Å². The molecule has 0 aliphatic rings. The Hall–Kier alpha value is -0.580. The van der Waals surface area contributed by atoms with Gasteiger partial charge in [-0.1, -0.05) is 11.6 Å². The molecule has 1 aromatic rings. The maximum Gasteiger partial charge on any atom is 0.191 e. The summed E-state index contributed by atoms with van der Waals surface area (Å²) in [6.07, 6.45) is 0. The summed E-state index contributed by atoms with van der Waals surface area (Å²) in [5.74, 6) is -0.0614. The van der Waals surface area contributed by atoms with Crippen LogP contribution >= 0.6 is 11.6 Å². The van der Waals surface area contributed by atoms with Crippen molar-refractivity contribution in [3.63, 3.8) is 0 Å². The van der Waals surface area contributed by atoms with Gasteiger partial charge >= 0.3 is 0 Å². The van der Waals surface area contributed by atoms with Crippen molar-refractivity contribution in [1.29, 1.82) is 0 Å². The molecule has 3 nitrogen and oxygen atoms in total. The lowest BCUT2D eigenvalue weighted by molar-refractivity contribution is 0.591. The molecule has 1 rings (SSSR count). The minimum absolute atomic E-state index is 0.0614. The quantitative estimate of drug-likeness (QED) is 0.863. The van der Waals surface area contributed by atoms with Crippen molar-refractivity contribution in [3.05, 3.63) is 28.8 Å². The minimum atomic E-state index is -3.22. The average Bonchev–Trinajstić information content (AvgIpc) is 2.09. The van der Waals surface area contributed by atoms with Gasteiger partial charge in [-0.15, -0.1) is 0 Å². The molecule has 14 heavy (non-hydrogen) atoms. The molecule has 0 spiro atoms. The van der Waals surface area contributed by atoms with Gasteiger partial charge in [0.2, 0.25) is 0 Å². The summed E-state index contributed by atoms with van der Waals surface area (Å²) in [5, 5.41) is 3.20. The molecule has 0 radical (unpaired) electrons. The highest BCUT2D eigenvalue weighted by Crippen LogP contribution is 2.19. The second-order valence-electron chi connectivity index (χ2n) is 3.02. The van der Waals surface area contributed by atoms with Crippen LogP contribution in [0.15, 0.2) is 23.1 Å². The van der Waals surface area contributed by atoms with Gasteiger partial charge in [-0.2, -0.15) is 0 Å². The van der Waals surface area contributed by atoms with Crippen LogP contribution in [0.2, 0.25) is 5.02 Å². The lowest BCUT2D eigenvalue weighted by Gasteiger charge is -2.05. The molecule has 0 heterocycles. The van der Waals surface area contributed by atoms with E-state index in [1.807, 2.05) is 0 Å². The Kier molecular flexibility index (Phi) is 3.53. The van der Waals surface area contributed by atoms with Gasteiger partial charge < -0.3 is 5.32 Å². The molecule has 0 aliphatic heterocycles. The minimum Gasteiger partial charge on any atom is -0.306 e. The standard InChI is InChI=1S/C9H12ClNO2S/c1-7-5-8(3-4-9(7)10)14(12,13)6-11-2/h3-5,11H,6H2,1-2H3. The van der Waals surface area contributed by atoms with Gasteiger partial charge in [-0.3, -0.25) is 0 Å². The Balaban J connectivity index is 3.15. The first-order chi connectivity index (χ1) is 6.47. The normalized spacial score (nSPS) is 11.6. The zero-order valence-corrected chi connectivity index (χ0v) is 9.61. The number of nitrogens with one attached hydrogen (secondary N) is 1. The first-order valence-corrected chi connectivity index (χ1v) is 6.14. The van der Waals surface area contributed by atoms with Crippen LogP contribution in [-0.2, 0) is 9.84 Å². The highest BCUT2D eigenvalue weighted by Gasteiger charge is 2.13. The summed E-state index contributed by atoms with van der Waals surface area (Å²) in [6, 6.07) is 4.69. The number of rotatable bonds is 3. The van der Waals surface area contributed by atoms with Crippen molar-refractivity contribution in [1.82, 2.24) is 5.32 Å². The van der Waals surface area contributed by atoms with E-state index in [0.29, 0.717) is 9.92 Å². The fourth-order valence-electron chi connectivity index (χ4n) is 1.08. The predicted molar refractivity (Wildman–Crippen MR) is 57.3 cm³/mol. The predicted octanol–water partition coefficient (Wildman–Crippen LogP) is 1.60. The van der Waals surface area contributed by atoms with E-state index in [-0.39, 0.29) is 5.88 Å². The lowest BCUT2D eigenvalue weighted by atomic mass is 10.2. The zero-order chi connectivity index (χ0) is 10.8. The van der Waals surface area contributed by atoms with Gasteiger partial charge in [-0.25, -0.2) is 8.42 Å². The molecule has 0 aliphatic carbocycles. The summed E-state index contributed by atoms with van der Waals surface area (Å²) in [5.41, 5.74) is 0.767. The molecule has 0 fully saturated rings. The van der Waals surface area contributed by atoms with Crippen LogP contribution < -0.4 is 5.32 Å². The van der Waals surface area contributed by atoms with Crippen molar-refractivity contribution in [2.45, 2.75) is 11.8 Å². The summed E-state index contributed by atoms with van der Waals surface area (Å²) in [4.78, 5) is 0.300. The molecular formula is C9H12ClNO2S. The Bertz CT molecular complexity index is 428. The van der Waals surface area contributed by atoms with E-state index in [2.05, 4.69) is 5.32 Å². The summed E-state index contributed by atoms with van der Waals surface area (Å²) < 4.78 is 23.2. The van der Waals surface area contributed by atoms with E-state index in [1.54, 1.807) is 26.1 Å². The number of aryl methyl sites for hydroxylation is 1. The third-order valence-corrected chi connectivity index (χ3v) is 3.89. The summed E-state index contributed by atoms with van der Waals surface area (Å²) in [6.45, 7) is 1.78. The van der Waals surface area contributed by atoms with Gasteiger partial charge in [0.15, 0.2) is 9.84 Å². The van der Waals surface area contributed by atoms with E-state index in [0.717, 1.165) is 5.56 Å². The molecular weight excluding hydrogens is 222 g/mol. The zero-order valence-electron chi connectivity index (χ0n) is 8.04. The monoisotopic (exact) mass is 233 g/mol. The van der Waals surface area contributed by atoms with E-state index in [1.165, 1.54) is 6.07 Å². The first-order valence-electron chi connectivity index (χ1n) is 4.11. The topological polar surface area (TPSA) is 46.2 Å². The van der Waals surface area contributed by atoms with Gasteiger partial charge in [0.05, 0.1) is 4.90 Å². The van der Waals surface area contributed by atoms with Gasteiger partial charge in [0.25, 0.3) is 0 Å². The molecule has 5 heteroatoms. The Labute approximate surface area is 89.0 Å².